The lowest BCUT2D eigenvalue weighted by atomic mass is 10.0. The number of hydrogen-bond donors (Lipinski definition) is 0. The highest BCUT2D eigenvalue weighted by molar-refractivity contribution is 6.30. The summed E-state index contributed by atoms with van der Waals surface area (Å²) in [4.78, 5) is 17.4. The van der Waals surface area contributed by atoms with Crippen LogP contribution in [0.1, 0.15) is 30.5 Å². The van der Waals surface area contributed by atoms with Crippen molar-refractivity contribution in [3.8, 4) is 5.69 Å². The molecule has 2 aromatic heterocycles. The minimum absolute atomic E-state index is 0.142. The molecule has 0 unspecified atom stereocenters. The van der Waals surface area contributed by atoms with E-state index in [1.807, 2.05) is 36.4 Å². The Hall–Kier alpha value is -2.13. The molecular formula is C19H17ClN2O. The molecule has 0 atom stereocenters. The van der Waals surface area contributed by atoms with Crippen LogP contribution in [-0.4, -0.2) is 9.55 Å². The van der Waals surface area contributed by atoms with Gasteiger partial charge in [0, 0.05) is 28.2 Å². The normalized spacial score (nSPS) is 14.5. The van der Waals surface area contributed by atoms with E-state index in [-0.39, 0.29) is 5.43 Å². The summed E-state index contributed by atoms with van der Waals surface area (Å²) in [6.45, 7) is 0. The van der Waals surface area contributed by atoms with Gasteiger partial charge < -0.3 is 0 Å². The number of hydrogen-bond acceptors (Lipinski definition) is 2. The quantitative estimate of drug-likeness (QED) is 0.625. The first-order chi connectivity index (χ1) is 11.3. The van der Waals surface area contributed by atoms with Crippen LogP contribution in [0.2, 0.25) is 5.02 Å². The zero-order chi connectivity index (χ0) is 15.8. The summed E-state index contributed by atoms with van der Waals surface area (Å²) in [6, 6.07) is 11.5. The minimum Gasteiger partial charge on any atom is -0.298 e. The number of nitrogens with zero attached hydrogens (tertiary/aromatic N) is 2. The van der Waals surface area contributed by atoms with Crippen molar-refractivity contribution in [3.05, 3.63) is 69.1 Å². The van der Waals surface area contributed by atoms with Crippen molar-refractivity contribution in [2.45, 2.75) is 32.1 Å². The average Bonchev–Trinajstić information content (AvgIpc) is 2.81. The topological polar surface area (TPSA) is 34.9 Å². The number of rotatable bonds is 1. The van der Waals surface area contributed by atoms with Gasteiger partial charge in [-0.05, 0) is 56.0 Å². The molecule has 4 rings (SSSR count). The number of fused-ring (bicyclic) bond motifs is 2. The van der Waals surface area contributed by atoms with Crippen LogP contribution in [0.15, 0.2) is 47.4 Å². The Morgan fingerprint density at radius 2 is 1.91 bits per heavy atom. The van der Waals surface area contributed by atoms with E-state index in [2.05, 4.69) is 9.55 Å². The molecule has 23 heavy (non-hydrogen) atoms. The number of aromatic nitrogens is 2. The molecule has 0 saturated carbocycles. The van der Waals surface area contributed by atoms with E-state index in [4.69, 9.17) is 11.6 Å². The van der Waals surface area contributed by atoms with Crippen LogP contribution in [-0.2, 0) is 12.8 Å². The molecule has 4 heteroatoms. The molecule has 0 fully saturated rings. The fraction of sp³-hybridized carbons (Fsp3) is 0.263. The Morgan fingerprint density at radius 1 is 1.04 bits per heavy atom. The van der Waals surface area contributed by atoms with Gasteiger partial charge in [0.05, 0.1) is 5.39 Å². The van der Waals surface area contributed by atoms with Crippen molar-refractivity contribution in [2.75, 3.05) is 0 Å². The summed E-state index contributed by atoms with van der Waals surface area (Å²) in [5.41, 5.74) is 3.88. The average molecular weight is 325 g/mol. The Kier molecular flexibility index (Phi) is 3.66. The molecule has 0 aliphatic heterocycles. The molecule has 3 aromatic rings. The highest BCUT2D eigenvalue weighted by Crippen LogP contribution is 2.26. The Bertz CT molecular complexity index is 946. The third-order valence-corrected chi connectivity index (χ3v) is 4.78. The van der Waals surface area contributed by atoms with Crippen molar-refractivity contribution < 1.29 is 0 Å². The van der Waals surface area contributed by atoms with Crippen molar-refractivity contribution in [3.63, 3.8) is 0 Å². The molecule has 0 N–H and O–H groups in total. The van der Waals surface area contributed by atoms with E-state index in [0.717, 1.165) is 54.7 Å². The van der Waals surface area contributed by atoms with E-state index in [1.54, 1.807) is 6.20 Å². The van der Waals surface area contributed by atoms with Gasteiger partial charge in [0.15, 0.2) is 5.43 Å². The second-order valence-electron chi connectivity index (χ2n) is 6.00. The van der Waals surface area contributed by atoms with Crippen molar-refractivity contribution in [1.82, 2.24) is 9.55 Å². The molecule has 3 nitrogen and oxygen atoms in total. The van der Waals surface area contributed by atoms with E-state index in [1.165, 1.54) is 0 Å². The Labute approximate surface area is 139 Å². The monoisotopic (exact) mass is 324 g/mol. The SMILES string of the molecule is O=c1c2c(n(-c3cccc(Cl)c3)c3ncccc13)CCCCC2. The molecule has 0 radical (unpaired) electrons. The lowest BCUT2D eigenvalue weighted by molar-refractivity contribution is 0.705. The summed E-state index contributed by atoms with van der Waals surface area (Å²) < 4.78 is 2.13. The van der Waals surface area contributed by atoms with Crippen LogP contribution < -0.4 is 5.43 Å². The fourth-order valence-corrected chi connectivity index (χ4v) is 3.68. The zero-order valence-electron chi connectivity index (χ0n) is 12.8. The van der Waals surface area contributed by atoms with Crippen LogP contribution in [0.5, 0.6) is 0 Å². The summed E-state index contributed by atoms with van der Waals surface area (Å²) in [7, 11) is 0. The zero-order valence-corrected chi connectivity index (χ0v) is 13.5. The largest absolute Gasteiger partial charge is 0.298 e. The smallest absolute Gasteiger partial charge is 0.194 e. The summed E-state index contributed by atoms with van der Waals surface area (Å²) in [5, 5.41) is 1.38. The van der Waals surface area contributed by atoms with Gasteiger partial charge in [-0.2, -0.15) is 0 Å². The highest BCUT2D eigenvalue weighted by atomic mass is 35.5. The fourth-order valence-electron chi connectivity index (χ4n) is 3.49. The van der Waals surface area contributed by atoms with Gasteiger partial charge in [-0.1, -0.05) is 24.1 Å². The van der Waals surface area contributed by atoms with Crippen LogP contribution in [0.25, 0.3) is 16.7 Å². The van der Waals surface area contributed by atoms with Crippen LogP contribution in [0.3, 0.4) is 0 Å². The van der Waals surface area contributed by atoms with Crippen LogP contribution >= 0.6 is 11.6 Å². The van der Waals surface area contributed by atoms with E-state index in [9.17, 15) is 4.79 Å². The number of pyridine rings is 2. The predicted molar refractivity (Wildman–Crippen MR) is 93.6 cm³/mol. The lowest BCUT2D eigenvalue weighted by Gasteiger charge is -2.18. The minimum atomic E-state index is 0.142. The van der Waals surface area contributed by atoms with Crippen molar-refractivity contribution >= 4 is 22.6 Å². The van der Waals surface area contributed by atoms with Gasteiger partial charge in [-0.25, -0.2) is 4.98 Å². The molecule has 2 heterocycles. The van der Waals surface area contributed by atoms with Crippen molar-refractivity contribution in [1.29, 1.82) is 0 Å². The lowest BCUT2D eigenvalue weighted by Crippen LogP contribution is -2.20. The Balaban J connectivity index is 2.15. The number of halogens is 1. The first kappa shape index (κ1) is 14.5. The summed E-state index contributed by atoms with van der Waals surface area (Å²) >= 11 is 6.20. The van der Waals surface area contributed by atoms with Crippen LogP contribution in [0.4, 0.5) is 0 Å². The maximum Gasteiger partial charge on any atom is 0.194 e. The maximum atomic E-state index is 12.9. The molecule has 1 aromatic carbocycles. The summed E-state index contributed by atoms with van der Waals surface area (Å²) in [5.74, 6) is 0. The predicted octanol–water partition coefficient (Wildman–Crippen LogP) is 4.31. The van der Waals surface area contributed by atoms with Gasteiger partial charge in [-0.3, -0.25) is 9.36 Å². The van der Waals surface area contributed by atoms with Gasteiger partial charge in [0.1, 0.15) is 5.65 Å². The Morgan fingerprint density at radius 3 is 2.78 bits per heavy atom. The van der Waals surface area contributed by atoms with E-state index < -0.39 is 0 Å². The first-order valence-corrected chi connectivity index (χ1v) is 8.41. The molecule has 0 saturated heterocycles. The van der Waals surface area contributed by atoms with Crippen molar-refractivity contribution in [2.24, 2.45) is 0 Å². The molecule has 1 aliphatic rings. The van der Waals surface area contributed by atoms with E-state index >= 15 is 0 Å². The van der Waals surface area contributed by atoms with Crippen LogP contribution in [0, 0.1) is 0 Å². The molecule has 0 bridgehead atoms. The number of benzene rings is 1. The molecule has 0 spiro atoms. The highest BCUT2D eigenvalue weighted by Gasteiger charge is 2.20. The standard InChI is InChI=1S/C19H17ClN2O/c20-13-6-4-7-14(12-13)22-17-10-3-1-2-8-15(17)18(23)16-9-5-11-21-19(16)22/h4-7,9,11-12H,1-3,8,10H2. The third-order valence-electron chi connectivity index (χ3n) is 4.54. The molecular weight excluding hydrogens is 308 g/mol. The molecule has 116 valence electrons. The second-order valence-corrected chi connectivity index (χ2v) is 6.44. The molecule has 1 aliphatic carbocycles. The molecule has 0 amide bonds. The van der Waals surface area contributed by atoms with Gasteiger partial charge in [-0.15, -0.1) is 0 Å². The second kappa shape index (κ2) is 5.82. The van der Waals surface area contributed by atoms with Gasteiger partial charge in [0.2, 0.25) is 0 Å². The summed E-state index contributed by atoms with van der Waals surface area (Å²) in [6.07, 6.45) is 6.83. The maximum absolute atomic E-state index is 12.9. The third kappa shape index (κ3) is 2.45. The first-order valence-electron chi connectivity index (χ1n) is 8.03. The van der Waals surface area contributed by atoms with Gasteiger partial charge >= 0.3 is 0 Å². The van der Waals surface area contributed by atoms with Gasteiger partial charge in [0.25, 0.3) is 0 Å². The van der Waals surface area contributed by atoms with E-state index in [0.29, 0.717) is 10.4 Å².